The van der Waals surface area contributed by atoms with Crippen LogP contribution in [0, 0.1) is 0 Å². The lowest BCUT2D eigenvalue weighted by atomic mass is 10.0. The minimum Gasteiger partial charge on any atom is -0.395 e. The van der Waals surface area contributed by atoms with E-state index >= 15 is 0 Å². The summed E-state index contributed by atoms with van der Waals surface area (Å²) in [4.78, 5) is 14.8. The first-order valence-electron chi connectivity index (χ1n) is 24.7. The van der Waals surface area contributed by atoms with Crippen LogP contribution < -0.4 is 15.7 Å². The zero-order chi connectivity index (χ0) is 43.5. The molecule has 1 N–H and O–H groups in total. The summed E-state index contributed by atoms with van der Waals surface area (Å²) in [6.45, 7) is 18.0. The van der Waals surface area contributed by atoms with Crippen molar-refractivity contribution < 1.29 is 18.7 Å². The monoisotopic (exact) mass is 844 g/mol. The number of carbonyl (C=O) groups excluding carboxylic acids is 1. The Bertz CT molecular complexity index is 1430. The highest BCUT2D eigenvalue weighted by Crippen LogP contribution is 2.38. The Balaban J connectivity index is 1.73. The molecule has 0 unspecified atom stereocenters. The van der Waals surface area contributed by atoms with Crippen LogP contribution in [0.1, 0.15) is 203 Å². The van der Waals surface area contributed by atoms with Crippen LogP contribution in [0.5, 0.6) is 0 Å². The number of amides is 1. The number of rotatable bonds is 31. The number of benzene rings is 2. The van der Waals surface area contributed by atoms with E-state index < -0.39 is 20.2 Å². The Morgan fingerprint density at radius 1 is 0.750 bits per heavy atom. The lowest BCUT2D eigenvalue weighted by molar-refractivity contribution is -0.271. The van der Waals surface area contributed by atoms with E-state index in [0.29, 0.717) is 13.0 Å². The second-order valence-electron chi connectivity index (χ2n) is 19.3. The SMILES string of the molecule is CCCCCCCCCCCCCC[C@H](O[Si](c1ccccc1)(c1ccccc1)C(C)(C)C)C(=O)N[C@@H]1COC(C)(C)O[C@H]1/C=C/CC/C=C(\C)CCCCCCCCC. The van der Waals surface area contributed by atoms with Crippen LogP contribution in [0.3, 0.4) is 0 Å². The molecule has 0 saturated carbocycles. The van der Waals surface area contributed by atoms with E-state index in [1.807, 2.05) is 13.8 Å². The minimum absolute atomic E-state index is 0.0645. The predicted octanol–water partition coefficient (Wildman–Crippen LogP) is 14.1. The van der Waals surface area contributed by atoms with Gasteiger partial charge in [-0.2, -0.15) is 0 Å². The minimum atomic E-state index is -2.98. The normalized spacial score (nSPS) is 17.9. The van der Waals surface area contributed by atoms with Gasteiger partial charge in [0.1, 0.15) is 12.2 Å². The van der Waals surface area contributed by atoms with Crippen molar-refractivity contribution in [2.45, 2.75) is 232 Å². The Morgan fingerprint density at radius 2 is 1.23 bits per heavy atom. The van der Waals surface area contributed by atoms with Gasteiger partial charge in [-0.3, -0.25) is 4.79 Å². The maximum atomic E-state index is 14.8. The van der Waals surface area contributed by atoms with E-state index in [0.717, 1.165) is 25.7 Å². The van der Waals surface area contributed by atoms with Crippen LogP contribution in [0.25, 0.3) is 0 Å². The van der Waals surface area contributed by atoms with Crippen molar-refractivity contribution in [1.29, 1.82) is 0 Å². The summed E-state index contributed by atoms with van der Waals surface area (Å²) in [6.07, 6.45) is 34.4. The summed E-state index contributed by atoms with van der Waals surface area (Å²) >= 11 is 0. The smallest absolute Gasteiger partial charge is 0.262 e. The predicted molar refractivity (Wildman–Crippen MR) is 260 cm³/mol. The molecule has 3 atom stereocenters. The number of allylic oxidation sites excluding steroid dienone is 3. The molecule has 0 bridgehead atoms. The van der Waals surface area contributed by atoms with Crippen molar-refractivity contribution in [3.8, 4) is 0 Å². The van der Waals surface area contributed by atoms with Crippen LogP contribution in [0.2, 0.25) is 5.04 Å². The quantitative estimate of drug-likeness (QED) is 0.0467. The molecule has 1 fully saturated rings. The van der Waals surface area contributed by atoms with E-state index in [1.165, 1.54) is 132 Å². The summed E-state index contributed by atoms with van der Waals surface area (Å²) in [6, 6.07) is 21.1. The summed E-state index contributed by atoms with van der Waals surface area (Å²) in [5.41, 5.74) is 1.49. The summed E-state index contributed by atoms with van der Waals surface area (Å²) in [5, 5.41) is 5.57. The lowest BCUT2D eigenvalue weighted by Crippen LogP contribution is -2.69. The highest BCUT2D eigenvalue weighted by molar-refractivity contribution is 6.99. The van der Waals surface area contributed by atoms with Gasteiger partial charge in [0.05, 0.1) is 12.6 Å². The molecule has 1 saturated heterocycles. The van der Waals surface area contributed by atoms with Crippen molar-refractivity contribution >= 4 is 24.6 Å². The van der Waals surface area contributed by atoms with Gasteiger partial charge in [-0.1, -0.05) is 235 Å². The zero-order valence-corrected chi connectivity index (χ0v) is 40.8. The molecule has 3 rings (SSSR count). The summed E-state index contributed by atoms with van der Waals surface area (Å²) < 4.78 is 20.2. The molecule has 60 heavy (non-hydrogen) atoms. The molecule has 0 spiro atoms. The highest BCUT2D eigenvalue weighted by Gasteiger charge is 2.52. The third-order valence-electron chi connectivity index (χ3n) is 12.4. The maximum Gasteiger partial charge on any atom is 0.262 e. The molecule has 1 amide bonds. The molecule has 1 heterocycles. The fourth-order valence-electron chi connectivity index (χ4n) is 8.84. The van der Waals surface area contributed by atoms with Gasteiger partial charge in [0.2, 0.25) is 5.91 Å². The van der Waals surface area contributed by atoms with Crippen LogP contribution in [0.15, 0.2) is 84.5 Å². The number of carbonyl (C=O) groups is 1. The van der Waals surface area contributed by atoms with Crippen molar-refractivity contribution in [1.82, 2.24) is 5.32 Å². The van der Waals surface area contributed by atoms with Crippen molar-refractivity contribution in [3.63, 3.8) is 0 Å². The largest absolute Gasteiger partial charge is 0.395 e. The third-order valence-corrected chi connectivity index (χ3v) is 17.5. The van der Waals surface area contributed by atoms with Gasteiger partial charge in [0.25, 0.3) is 8.32 Å². The fourth-order valence-corrected chi connectivity index (χ4v) is 13.5. The van der Waals surface area contributed by atoms with E-state index in [-0.39, 0.29) is 23.1 Å². The topological polar surface area (TPSA) is 56.8 Å². The molecular weight excluding hydrogens is 755 g/mol. The van der Waals surface area contributed by atoms with Gasteiger partial charge in [-0.25, -0.2) is 0 Å². The first kappa shape index (κ1) is 51.8. The number of nitrogens with one attached hydrogen (secondary N) is 1. The molecule has 1 aliphatic heterocycles. The summed E-state index contributed by atoms with van der Waals surface area (Å²) in [5.74, 6) is -0.798. The maximum absolute atomic E-state index is 14.8. The highest BCUT2D eigenvalue weighted by atomic mass is 28.4. The Hall–Kier alpha value is -2.51. The van der Waals surface area contributed by atoms with Gasteiger partial charge in [0.15, 0.2) is 5.79 Å². The van der Waals surface area contributed by atoms with E-state index in [9.17, 15) is 4.79 Å². The molecule has 0 radical (unpaired) electrons. The number of hydrogen-bond acceptors (Lipinski definition) is 4. The second kappa shape index (κ2) is 29.0. The van der Waals surface area contributed by atoms with E-state index in [1.54, 1.807) is 0 Å². The van der Waals surface area contributed by atoms with Crippen LogP contribution in [-0.2, 0) is 18.7 Å². The lowest BCUT2D eigenvalue weighted by Gasteiger charge is -2.45. The third kappa shape index (κ3) is 18.8. The standard InChI is InChI=1S/C54H89NO4Si/c1-9-11-13-15-17-18-19-20-21-23-25-35-44-51(59-60(53(4,5)6,47-39-31-27-32-40-47)48-41-33-28-34-42-48)52(56)55-49-45-57-54(7,8)58-50(49)43-36-26-30-38-46(3)37-29-24-22-16-14-12-10-2/h27-28,31-34,36,38-43,49-51H,9-26,29-30,35,37,44-45H2,1-8H3,(H,55,56)/b43-36+,46-38+/t49-,50+,51+/m1/s1. The molecule has 5 nitrogen and oxygen atoms in total. The van der Waals surface area contributed by atoms with Crippen molar-refractivity contribution in [2.24, 2.45) is 0 Å². The molecule has 2 aromatic rings. The fraction of sp³-hybridized carbons (Fsp3) is 0.685. The first-order chi connectivity index (χ1) is 28.9. The number of ether oxygens (including phenoxy) is 2. The van der Waals surface area contributed by atoms with E-state index in [4.69, 9.17) is 13.9 Å². The molecule has 2 aromatic carbocycles. The van der Waals surface area contributed by atoms with Crippen LogP contribution in [0.4, 0.5) is 0 Å². The van der Waals surface area contributed by atoms with Crippen LogP contribution >= 0.6 is 0 Å². The Labute approximate surface area is 370 Å². The van der Waals surface area contributed by atoms with Gasteiger partial charge >= 0.3 is 0 Å². The van der Waals surface area contributed by atoms with Gasteiger partial charge in [0, 0.05) is 0 Å². The number of unbranched alkanes of at least 4 members (excludes halogenated alkanes) is 18. The molecule has 1 aliphatic rings. The molecule has 0 aliphatic carbocycles. The zero-order valence-electron chi connectivity index (χ0n) is 39.8. The van der Waals surface area contributed by atoms with Crippen molar-refractivity contribution in [3.05, 3.63) is 84.5 Å². The van der Waals surface area contributed by atoms with E-state index in [2.05, 4.69) is 126 Å². The van der Waals surface area contributed by atoms with Gasteiger partial charge in [-0.05, 0) is 68.3 Å². The average Bonchev–Trinajstić information content (AvgIpc) is 3.22. The van der Waals surface area contributed by atoms with Crippen LogP contribution in [-0.4, -0.2) is 44.9 Å². The van der Waals surface area contributed by atoms with Gasteiger partial charge < -0.3 is 19.2 Å². The Morgan fingerprint density at radius 3 is 1.73 bits per heavy atom. The van der Waals surface area contributed by atoms with Gasteiger partial charge in [-0.15, -0.1) is 0 Å². The molecule has 6 heteroatoms. The summed E-state index contributed by atoms with van der Waals surface area (Å²) in [7, 11) is -2.98. The number of hydrogen-bond donors (Lipinski definition) is 1. The first-order valence-corrected chi connectivity index (χ1v) is 26.6. The second-order valence-corrected chi connectivity index (χ2v) is 23.5. The molecule has 0 aromatic heterocycles. The van der Waals surface area contributed by atoms with Crippen molar-refractivity contribution in [2.75, 3.05) is 6.61 Å². The Kier molecular flexibility index (Phi) is 25.0. The average molecular weight is 844 g/mol. The molecular formula is C54H89NO4Si. The molecule has 338 valence electrons.